The van der Waals surface area contributed by atoms with Crippen molar-refractivity contribution in [1.82, 2.24) is 20.5 Å². The summed E-state index contributed by atoms with van der Waals surface area (Å²) >= 11 is 2.09. The summed E-state index contributed by atoms with van der Waals surface area (Å²) < 4.78 is 0. The van der Waals surface area contributed by atoms with Crippen molar-refractivity contribution in [3.8, 4) is 0 Å². The summed E-state index contributed by atoms with van der Waals surface area (Å²) in [6.07, 6.45) is 9.46. The monoisotopic (exact) mass is 517 g/mol. The molecule has 0 atom stereocenters. The number of guanidine groups is 1. The molecular formula is C21H36IN5S. The molecule has 1 aliphatic carbocycles. The van der Waals surface area contributed by atoms with Crippen LogP contribution in [-0.2, 0) is 6.42 Å². The largest absolute Gasteiger partial charge is 0.357 e. The highest BCUT2D eigenvalue weighted by Gasteiger charge is 2.38. The van der Waals surface area contributed by atoms with Crippen LogP contribution in [0, 0.1) is 0 Å². The highest BCUT2D eigenvalue weighted by Crippen LogP contribution is 2.35. The first-order valence-corrected chi connectivity index (χ1v) is 11.7. The van der Waals surface area contributed by atoms with E-state index in [1.165, 1.54) is 56.7 Å². The van der Waals surface area contributed by atoms with Crippen molar-refractivity contribution in [2.24, 2.45) is 4.99 Å². The smallest absolute Gasteiger partial charge is 0.191 e. The summed E-state index contributed by atoms with van der Waals surface area (Å²) in [4.78, 5) is 12.2. The molecule has 5 nitrogen and oxygen atoms in total. The fraction of sp³-hybridized carbons (Fsp3) is 0.714. The van der Waals surface area contributed by atoms with E-state index in [9.17, 15) is 0 Å². The van der Waals surface area contributed by atoms with Crippen LogP contribution in [0.25, 0.3) is 0 Å². The molecule has 0 unspecified atom stereocenters. The maximum Gasteiger partial charge on any atom is 0.191 e. The Balaban J connectivity index is 0.00000280. The second-order valence-electron chi connectivity index (χ2n) is 7.58. The van der Waals surface area contributed by atoms with Crippen LogP contribution in [0.1, 0.15) is 44.7 Å². The number of aliphatic imine (C=N–C) groups is 1. The maximum absolute atomic E-state index is 5.04. The lowest BCUT2D eigenvalue weighted by atomic mass is 9.80. The SMILES string of the molecule is CCNC(=NCC1(N2CCSCC2)CCCCC1)NCCc1ccccn1.I. The Hall–Kier alpha value is -0.540. The molecule has 2 fully saturated rings. The molecular weight excluding hydrogens is 481 g/mol. The molecule has 1 aromatic rings. The average molecular weight is 518 g/mol. The Morgan fingerprint density at radius 1 is 1.18 bits per heavy atom. The van der Waals surface area contributed by atoms with Gasteiger partial charge in [-0.3, -0.25) is 14.9 Å². The number of nitrogens with one attached hydrogen (secondary N) is 2. The van der Waals surface area contributed by atoms with Crippen LogP contribution in [0.4, 0.5) is 0 Å². The van der Waals surface area contributed by atoms with Crippen molar-refractivity contribution in [2.45, 2.75) is 51.0 Å². The molecule has 1 aliphatic heterocycles. The van der Waals surface area contributed by atoms with Crippen LogP contribution in [0.2, 0.25) is 0 Å². The molecule has 1 saturated heterocycles. The van der Waals surface area contributed by atoms with Gasteiger partial charge in [0.05, 0.1) is 6.54 Å². The summed E-state index contributed by atoms with van der Waals surface area (Å²) in [5.74, 6) is 3.49. The third-order valence-electron chi connectivity index (χ3n) is 5.74. The number of nitrogens with zero attached hydrogens (tertiary/aromatic N) is 3. The van der Waals surface area contributed by atoms with Gasteiger partial charge >= 0.3 is 0 Å². The lowest BCUT2D eigenvalue weighted by Crippen LogP contribution is -2.55. The predicted octanol–water partition coefficient (Wildman–Crippen LogP) is 3.55. The maximum atomic E-state index is 5.04. The van der Waals surface area contributed by atoms with Crippen molar-refractivity contribution in [3.63, 3.8) is 0 Å². The van der Waals surface area contributed by atoms with E-state index in [0.717, 1.165) is 37.7 Å². The lowest BCUT2D eigenvalue weighted by molar-refractivity contribution is 0.0672. The first-order chi connectivity index (χ1) is 13.3. The fourth-order valence-corrected chi connectivity index (χ4v) is 5.15. The Kier molecular flexibility index (Phi) is 10.9. The first kappa shape index (κ1) is 23.7. The number of halogens is 1. The quantitative estimate of drug-likeness (QED) is 0.329. The molecule has 0 bridgehead atoms. The van der Waals surface area contributed by atoms with E-state index in [2.05, 4.69) is 45.3 Å². The van der Waals surface area contributed by atoms with E-state index >= 15 is 0 Å². The Morgan fingerprint density at radius 2 is 1.96 bits per heavy atom. The number of thioether (sulfide) groups is 1. The van der Waals surface area contributed by atoms with Gasteiger partial charge in [-0.05, 0) is 31.9 Å². The number of rotatable bonds is 7. The molecule has 1 aromatic heterocycles. The summed E-state index contributed by atoms with van der Waals surface area (Å²) in [6, 6.07) is 6.09. The van der Waals surface area contributed by atoms with E-state index in [-0.39, 0.29) is 29.5 Å². The Morgan fingerprint density at radius 3 is 2.64 bits per heavy atom. The summed E-state index contributed by atoms with van der Waals surface area (Å²) in [5.41, 5.74) is 1.40. The van der Waals surface area contributed by atoms with Gasteiger partial charge in [0.25, 0.3) is 0 Å². The highest BCUT2D eigenvalue weighted by molar-refractivity contribution is 14.0. The minimum atomic E-state index is 0. The Labute approximate surface area is 192 Å². The van der Waals surface area contributed by atoms with Gasteiger partial charge in [0.2, 0.25) is 0 Å². The topological polar surface area (TPSA) is 52.6 Å². The van der Waals surface area contributed by atoms with Crippen molar-refractivity contribution in [2.75, 3.05) is 44.2 Å². The zero-order chi connectivity index (χ0) is 18.8. The van der Waals surface area contributed by atoms with Crippen LogP contribution >= 0.6 is 35.7 Å². The summed E-state index contributed by atoms with van der Waals surface area (Å²) in [7, 11) is 0. The molecule has 0 radical (unpaired) electrons. The fourth-order valence-electron chi connectivity index (χ4n) is 4.24. The second kappa shape index (κ2) is 12.9. The molecule has 0 amide bonds. The molecule has 0 spiro atoms. The molecule has 2 heterocycles. The molecule has 7 heteroatoms. The Bertz CT molecular complexity index is 571. The van der Waals surface area contributed by atoms with Gasteiger partial charge in [0, 0.05) is 61.5 Å². The highest BCUT2D eigenvalue weighted by atomic mass is 127. The molecule has 1 saturated carbocycles. The number of aromatic nitrogens is 1. The standard InChI is InChI=1S/C21H35N5S.HI/c1-2-22-20(24-13-9-19-8-4-7-12-23-19)25-18-21(10-5-3-6-11-21)26-14-16-27-17-15-26;/h4,7-8,12H,2-3,5-6,9-11,13-18H2,1H3,(H2,22,24,25);1H. The number of pyridine rings is 1. The van der Waals surface area contributed by atoms with E-state index in [4.69, 9.17) is 4.99 Å². The zero-order valence-electron chi connectivity index (χ0n) is 17.2. The summed E-state index contributed by atoms with van der Waals surface area (Å²) in [6.45, 7) is 7.25. The van der Waals surface area contributed by atoms with Crippen molar-refractivity contribution in [3.05, 3.63) is 30.1 Å². The van der Waals surface area contributed by atoms with Gasteiger partial charge in [-0.1, -0.05) is 25.3 Å². The van der Waals surface area contributed by atoms with Crippen LogP contribution in [0.5, 0.6) is 0 Å². The minimum absolute atomic E-state index is 0. The number of hydrogen-bond donors (Lipinski definition) is 2. The second-order valence-corrected chi connectivity index (χ2v) is 8.80. The molecule has 0 aromatic carbocycles. The van der Waals surface area contributed by atoms with Gasteiger partial charge in [-0.2, -0.15) is 11.8 Å². The molecule has 158 valence electrons. The van der Waals surface area contributed by atoms with E-state index in [1.807, 2.05) is 18.3 Å². The lowest BCUT2D eigenvalue weighted by Gasteiger charge is -2.47. The van der Waals surface area contributed by atoms with Crippen molar-refractivity contribution in [1.29, 1.82) is 0 Å². The van der Waals surface area contributed by atoms with Crippen molar-refractivity contribution >= 4 is 41.7 Å². The predicted molar refractivity (Wildman–Crippen MR) is 132 cm³/mol. The number of hydrogen-bond acceptors (Lipinski definition) is 4. The molecule has 28 heavy (non-hydrogen) atoms. The third kappa shape index (κ3) is 7.06. The first-order valence-electron chi connectivity index (χ1n) is 10.6. The van der Waals surface area contributed by atoms with Crippen LogP contribution < -0.4 is 10.6 Å². The van der Waals surface area contributed by atoms with Gasteiger partial charge in [-0.25, -0.2) is 0 Å². The van der Waals surface area contributed by atoms with Crippen LogP contribution in [0.15, 0.2) is 29.4 Å². The molecule has 2 N–H and O–H groups in total. The summed E-state index contributed by atoms with van der Waals surface area (Å²) in [5, 5.41) is 6.93. The van der Waals surface area contributed by atoms with Gasteiger partial charge in [0.1, 0.15) is 0 Å². The minimum Gasteiger partial charge on any atom is -0.357 e. The normalized spacial score (nSPS) is 20.2. The third-order valence-corrected chi connectivity index (χ3v) is 6.68. The van der Waals surface area contributed by atoms with E-state index in [1.54, 1.807) is 0 Å². The van der Waals surface area contributed by atoms with Crippen molar-refractivity contribution < 1.29 is 0 Å². The van der Waals surface area contributed by atoms with E-state index in [0.29, 0.717) is 0 Å². The van der Waals surface area contributed by atoms with Gasteiger partial charge in [-0.15, -0.1) is 24.0 Å². The molecule has 3 rings (SSSR count). The average Bonchev–Trinajstić information content (AvgIpc) is 2.74. The van der Waals surface area contributed by atoms with Crippen LogP contribution in [-0.4, -0.2) is 65.6 Å². The zero-order valence-corrected chi connectivity index (χ0v) is 20.3. The van der Waals surface area contributed by atoms with Gasteiger partial charge in [0.15, 0.2) is 5.96 Å². The van der Waals surface area contributed by atoms with Gasteiger partial charge < -0.3 is 10.6 Å². The van der Waals surface area contributed by atoms with Crippen LogP contribution in [0.3, 0.4) is 0 Å². The molecule has 2 aliphatic rings. The van der Waals surface area contributed by atoms with E-state index < -0.39 is 0 Å².